The zero-order valence-corrected chi connectivity index (χ0v) is 9.37. The van der Waals surface area contributed by atoms with Gasteiger partial charge in [0.1, 0.15) is 18.0 Å². The van der Waals surface area contributed by atoms with Crippen LogP contribution in [-0.4, -0.2) is 24.3 Å². The first-order chi connectivity index (χ1) is 7.85. The predicted molar refractivity (Wildman–Crippen MR) is 59.5 cm³/mol. The second-order valence-corrected chi connectivity index (χ2v) is 3.57. The Morgan fingerprint density at radius 1 is 1.31 bits per heavy atom. The lowest BCUT2D eigenvalue weighted by Gasteiger charge is -2.07. The molecule has 2 aromatic heterocycles. The number of imidazole rings is 1. The summed E-state index contributed by atoms with van der Waals surface area (Å²) in [6.07, 6.45) is 6.30. The Balaban J connectivity index is 2.17. The number of hydrogen-bond donors (Lipinski definition) is 1. The van der Waals surface area contributed by atoms with Crippen molar-refractivity contribution >= 4 is 0 Å². The lowest BCUT2D eigenvalue weighted by atomic mass is 10.4. The van der Waals surface area contributed by atoms with Crippen LogP contribution in [0, 0.1) is 0 Å². The average Bonchev–Trinajstić information content (AvgIpc) is 2.89. The largest absolute Gasteiger partial charge is 0.326 e. The van der Waals surface area contributed by atoms with Crippen LogP contribution in [0.3, 0.4) is 0 Å². The Morgan fingerprint density at radius 2 is 2.19 bits per heavy atom. The number of rotatable bonds is 5. The first-order valence-corrected chi connectivity index (χ1v) is 5.42. The van der Waals surface area contributed by atoms with Crippen LogP contribution in [0.1, 0.15) is 25.0 Å². The molecule has 0 aliphatic rings. The van der Waals surface area contributed by atoms with E-state index in [4.69, 9.17) is 5.73 Å². The number of aryl methyl sites for hydroxylation is 1. The minimum absolute atomic E-state index is 0.439. The molecule has 0 saturated heterocycles. The summed E-state index contributed by atoms with van der Waals surface area (Å²) in [6.45, 7) is 4.12. The fraction of sp³-hybridized carbons (Fsp3) is 0.500. The molecule has 0 radical (unpaired) electrons. The molecular weight excluding hydrogens is 204 g/mol. The van der Waals surface area contributed by atoms with Crippen LogP contribution in [-0.2, 0) is 19.6 Å². The highest BCUT2D eigenvalue weighted by molar-refractivity contribution is 4.96. The standard InChI is InChI=1S/C10H16N6/c1-2-4-16-10(13-8-14-16)7-15-5-3-12-9(15)6-11/h3,5,8H,2,4,6-7,11H2,1H3. The smallest absolute Gasteiger partial charge is 0.146 e. The van der Waals surface area contributed by atoms with Gasteiger partial charge in [0.05, 0.1) is 13.1 Å². The van der Waals surface area contributed by atoms with Crippen molar-refractivity contribution in [1.29, 1.82) is 0 Å². The topological polar surface area (TPSA) is 74.5 Å². The van der Waals surface area contributed by atoms with Gasteiger partial charge >= 0.3 is 0 Å². The average molecular weight is 220 g/mol. The van der Waals surface area contributed by atoms with Gasteiger partial charge in [-0.05, 0) is 6.42 Å². The predicted octanol–water partition coefficient (Wildman–Crippen LogP) is 0.392. The molecule has 2 aromatic rings. The Labute approximate surface area is 94.1 Å². The Morgan fingerprint density at radius 3 is 2.94 bits per heavy atom. The molecule has 16 heavy (non-hydrogen) atoms. The molecule has 2 rings (SSSR count). The molecule has 6 heteroatoms. The zero-order chi connectivity index (χ0) is 11.4. The normalized spacial score (nSPS) is 10.9. The summed E-state index contributed by atoms with van der Waals surface area (Å²) in [5.41, 5.74) is 5.59. The number of nitrogens with zero attached hydrogens (tertiary/aromatic N) is 5. The van der Waals surface area contributed by atoms with E-state index in [1.54, 1.807) is 12.5 Å². The van der Waals surface area contributed by atoms with Crippen LogP contribution in [0.4, 0.5) is 0 Å². The minimum atomic E-state index is 0.439. The van der Waals surface area contributed by atoms with E-state index in [-0.39, 0.29) is 0 Å². The number of nitrogens with two attached hydrogens (primary N) is 1. The van der Waals surface area contributed by atoms with E-state index in [0.29, 0.717) is 13.1 Å². The first kappa shape index (κ1) is 10.8. The first-order valence-electron chi connectivity index (χ1n) is 5.42. The summed E-state index contributed by atoms with van der Waals surface area (Å²) in [7, 11) is 0. The highest BCUT2D eigenvalue weighted by Crippen LogP contribution is 2.03. The van der Waals surface area contributed by atoms with Gasteiger partial charge in [0.25, 0.3) is 0 Å². The van der Waals surface area contributed by atoms with Gasteiger partial charge in [-0.1, -0.05) is 6.92 Å². The summed E-state index contributed by atoms with van der Waals surface area (Å²) >= 11 is 0. The summed E-state index contributed by atoms with van der Waals surface area (Å²) < 4.78 is 3.91. The molecular formula is C10H16N6. The van der Waals surface area contributed by atoms with E-state index in [1.165, 1.54) is 0 Å². The molecule has 86 valence electrons. The highest BCUT2D eigenvalue weighted by Gasteiger charge is 2.06. The van der Waals surface area contributed by atoms with Gasteiger partial charge < -0.3 is 10.3 Å². The van der Waals surface area contributed by atoms with Gasteiger partial charge in [-0.15, -0.1) is 0 Å². The van der Waals surface area contributed by atoms with Gasteiger partial charge in [-0.2, -0.15) is 5.10 Å². The second kappa shape index (κ2) is 4.89. The quantitative estimate of drug-likeness (QED) is 0.791. The molecule has 0 saturated carbocycles. The molecule has 0 spiro atoms. The van der Waals surface area contributed by atoms with Crippen LogP contribution in [0.15, 0.2) is 18.7 Å². The van der Waals surface area contributed by atoms with Crippen molar-refractivity contribution < 1.29 is 0 Å². The second-order valence-electron chi connectivity index (χ2n) is 3.57. The van der Waals surface area contributed by atoms with Crippen molar-refractivity contribution in [2.45, 2.75) is 33.0 Å². The van der Waals surface area contributed by atoms with Gasteiger partial charge in [0.2, 0.25) is 0 Å². The molecule has 0 unspecified atom stereocenters. The van der Waals surface area contributed by atoms with Crippen molar-refractivity contribution in [2.75, 3.05) is 0 Å². The van der Waals surface area contributed by atoms with Crippen molar-refractivity contribution in [3.8, 4) is 0 Å². The number of hydrogen-bond acceptors (Lipinski definition) is 4. The third-order valence-corrected chi connectivity index (χ3v) is 2.43. The van der Waals surface area contributed by atoms with E-state index in [0.717, 1.165) is 24.6 Å². The fourth-order valence-electron chi connectivity index (χ4n) is 1.64. The maximum absolute atomic E-state index is 5.59. The summed E-state index contributed by atoms with van der Waals surface area (Å²) in [6, 6.07) is 0. The maximum atomic E-state index is 5.59. The van der Waals surface area contributed by atoms with Crippen LogP contribution in [0.2, 0.25) is 0 Å². The minimum Gasteiger partial charge on any atom is -0.326 e. The van der Waals surface area contributed by atoms with Crippen molar-refractivity contribution in [3.63, 3.8) is 0 Å². The van der Waals surface area contributed by atoms with Crippen LogP contribution < -0.4 is 5.73 Å². The molecule has 6 nitrogen and oxygen atoms in total. The molecule has 0 fully saturated rings. The molecule has 0 bridgehead atoms. The Bertz CT molecular complexity index is 444. The highest BCUT2D eigenvalue weighted by atomic mass is 15.3. The van der Waals surface area contributed by atoms with Crippen molar-refractivity contribution in [1.82, 2.24) is 24.3 Å². The summed E-state index contributed by atoms with van der Waals surface area (Å²) in [5.74, 6) is 1.81. The third kappa shape index (κ3) is 2.11. The number of aromatic nitrogens is 5. The molecule has 0 amide bonds. The Hall–Kier alpha value is -1.69. The zero-order valence-electron chi connectivity index (χ0n) is 9.37. The maximum Gasteiger partial charge on any atom is 0.146 e. The van der Waals surface area contributed by atoms with Crippen LogP contribution in [0.25, 0.3) is 0 Å². The van der Waals surface area contributed by atoms with Crippen molar-refractivity contribution in [3.05, 3.63) is 30.4 Å². The lowest BCUT2D eigenvalue weighted by molar-refractivity contribution is 0.549. The molecule has 0 aliphatic carbocycles. The lowest BCUT2D eigenvalue weighted by Crippen LogP contribution is -2.13. The monoisotopic (exact) mass is 220 g/mol. The molecule has 0 aromatic carbocycles. The van der Waals surface area contributed by atoms with Gasteiger partial charge in [-0.3, -0.25) is 0 Å². The Kier molecular flexibility index (Phi) is 3.31. The van der Waals surface area contributed by atoms with Gasteiger partial charge in [0, 0.05) is 18.9 Å². The third-order valence-electron chi connectivity index (χ3n) is 2.43. The van der Waals surface area contributed by atoms with Gasteiger partial charge in [0.15, 0.2) is 0 Å². The summed E-state index contributed by atoms with van der Waals surface area (Å²) in [5, 5.41) is 4.18. The summed E-state index contributed by atoms with van der Waals surface area (Å²) in [4.78, 5) is 8.42. The fourth-order valence-corrected chi connectivity index (χ4v) is 1.64. The SMILES string of the molecule is CCCn1ncnc1Cn1ccnc1CN. The van der Waals surface area contributed by atoms with E-state index >= 15 is 0 Å². The van der Waals surface area contributed by atoms with Crippen LogP contribution >= 0.6 is 0 Å². The van der Waals surface area contributed by atoms with E-state index in [1.807, 2.05) is 15.4 Å². The van der Waals surface area contributed by atoms with Crippen LogP contribution in [0.5, 0.6) is 0 Å². The molecule has 0 atom stereocenters. The van der Waals surface area contributed by atoms with E-state index in [2.05, 4.69) is 22.0 Å². The van der Waals surface area contributed by atoms with E-state index < -0.39 is 0 Å². The van der Waals surface area contributed by atoms with E-state index in [9.17, 15) is 0 Å². The molecule has 0 aliphatic heterocycles. The van der Waals surface area contributed by atoms with Gasteiger partial charge in [-0.25, -0.2) is 14.6 Å². The van der Waals surface area contributed by atoms with Crippen molar-refractivity contribution in [2.24, 2.45) is 5.73 Å². The molecule has 2 heterocycles. The molecule has 2 N–H and O–H groups in total.